The molecule has 19 heteroatoms. The molecule has 4 fully saturated rings. The van der Waals surface area contributed by atoms with E-state index >= 15 is 0 Å². The molecule has 0 radical (unpaired) electrons. The van der Waals surface area contributed by atoms with Crippen molar-refractivity contribution in [1.29, 1.82) is 0 Å². The van der Waals surface area contributed by atoms with E-state index in [9.17, 15) is 28.4 Å². The molecule has 1 aromatic carbocycles. The van der Waals surface area contributed by atoms with Gasteiger partial charge in [-0.2, -0.15) is 4.98 Å². The molecule has 8 heterocycles. The lowest BCUT2D eigenvalue weighted by atomic mass is 10.0. The highest BCUT2D eigenvalue weighted by molar-refractivity contribution is 6.25. The van der Waals surface area contributed by atoms with E-state index in [1.807, 2.05) is 28.1 Å². The van der Waals surface area contributed by atoms with Gasteiger partial charge in [0, 0.05) is 102 Å². The first kappa shape index (κ1) is 43.2. The van der Waals surface area contributed by atoms with Gasteiger partial charge in [-0.25, -0.2) is 14.4 Å². The summed E-state index contributed by atoms with van der Waals surface area (Å²) in [7, 11) is 1.53. The van der Waals surface area contributed by atoms with Gasteiger partial charge in [-0.1, -0.05) is 6.07 Å². The number of anilines is 4. The third-order valence-corrected chi connectivity index (χ3v) is 13.0. The molecule has 0 aliphatic carbocycles. The maximum Gasteiger partial charge on any atom is 0.264 e. The number of ether oxygens (including phenoxy) is 2. The van der Waals surface area contributed by atoms with Crippen molar-refractivity contribution >= 4 is 63.7 Å². The summed E-state index contributed by atoms with van der Waals surface area (Å²) in [6.07, 6.45) is 6.95. The molecule has 0 spiro atoms. The molecule has 0 bridgehead atoms. The van der Waals surface area contributed by atoms with Crippen molar-refractivity contribution in [1.82, 2.24) is 40.0 Å². The van der Waals surface area contributed by atoms with E-state index in [2.05, 4.69) is 54.2 Å². The minimum Gasteiger partial charge on any atom is -0.378 e. The molecule has 5 amide bonds. The van der Waals surface area contributed by atoms with Crippen LogP contribution in [-0.4, -0.2) is 149 Å². The summed E-state index contributed by atoms with van der Waals surface area (Å²) in [4.78, 5) is 85.6. The highest BCUT2D eigenvalue weighted by Gasteiger charge is 2.47. The maximum absolute atomic E-state index is 14.6. The molecule has 338 valence electrons. The Bertz CT molecular complexity index is 2450. The van der Waals surface area contributed by atoms with E-state index in [0.717, 1.165) is 54.7 Å². The fraction of sp³-hybridized carbons (Fsp3) is 0.511. The molecule has 9 rings (SSSR count). The average molecular weight is 880 g/mol. The summed E-state index contributed by atoms with van der Waals surface area (Å²) in [5.41, 5.74) is 2.65. The summed E-state index contributed by atoms with van der Waals surface area (Å²) < 4.78 is 28.1. The van der Waals surface area contributed by atoms with Crippen LogP contribution in [0.5, 0.6) is 0 Å². The Hall–Kier alpha value is -6.05. The normalized spacial score (nSPS) is 22.3. The predicted octanol–water partition coefficient (Wildman–Crippen LogP) is 3.60. The van der Waals surface area contributed by atoms with Crippen LogP contribution in [0.15, 0.2) is 48.9 Å². The van der Waals surface area contributed by atoms with Crippen molar-refractivity contribution in [3.8, 4) is 0 Å². The molecule has 4 saturated heterocycles. The van der Waals surface area contributed by atoms with Gasteiger partial charge in [0.05, 0.1) is 46.6 Å². The van der Waals surface area contributed by atoms with Crippen molar-refractivity contribution in [2.45, 2.75) is 88.9 Å². The third kappa shape index (κ3) is 8.63. The van der Waals surface area contributed by atoms with E-state index in [4.69, 9.17) is 9.47 Å². The molecule has 3 aromatic heterocycles. The molecule has 0 saturated carbocycles. The zero-order chi connectivity index (χ0) is 44.6. The number of carbonyl (C=O) groups is 5. The van der Waals surface area contributed by atoms with E-state index in [1.54, 1.807) is 30.6 Å². The number of alkyl halides is 1. The van der Waals surface area contributed by atoms with Gasteiger partial charge in [0.15, 0.2) is 0 Å². The van der Waals surface area contributed by atoms with Crippen LogP contribution in [0.25, 0.3) is 10.9 Å². The Morgan fingerprint density at radius 2 is 1.78 bits per heavy atom. The molecular weight excluding hydrogens is 826 g/mol. The first-order valence-corrected chi connectivity index (χ1v) is 22.2. The van der Waals surface area contributed by atoms with E-state index < -0.39 is 41.9 Å². The number of carbonyl (C=O) groups excluding carboxylic acids is 5. The summed E-state index contributed by atoms with van der Waals surface area (Å²) in [6, 6.07) is 7.94. The Labute approximate surface area is 369 Å². The lowest BCUT2D eigenvalue weighted by Gasteiger charge is -2.41. The molecule has 5 aliphatic rings. The number of benzene rings is 1. The van der Waals surface area contributed by atoms with Crippen LogP contribution < -0.4 is 25.8 Å². The van der Waals surface area contributed by atoms with Gasteiger partial charge in [0.2, 0.25) is 17.8 Å². The van der Waals surface area contributed by atoms with Crippen molar-refractivity contribution < 1.29 is 37.8 Å². The fourth-order valence-corrected chi connectivity index (χ4v) is 9.46. The average Bonchev–Trinajstić information content (AvgIpc) is 3.78. The molecule has 4 aromatic rings. The van der Waals surface area contributed by atoms with Crippen LogP contribution in [0.4, 0.5) is 27.7 Å². The third-order valence-electron chi connectivity index (χ3n) is 13.0. The van der Waals surface area contributed by atoms with Gasteiger partial charge < -0.3 is 39.4 Å². The number of nitrogens with zero attached hydrogens (tertiary/aromatic N) is 8. The largest absolute Gasteiger partial charge is 0.378 e. The smallest absolute Gasteiger partial charge is 0.264 e. The van der Waals surface area contributed by atoms with E-state index in [1.165, 1.54) is 7.11 Å². The number of amides is 5. The number of aromatic nitrogens is 4. The number of rotatable bonds is 14. The summed E-state index contributed by atoms with van der Waals surface area (Å²) >= 11 is 0. The van der Waals surface area contributed by atoms with Gasteiger partial charge in [0.25, 0.3) is 17.7 Å². The first-order chi connectivity index (χ1) is 30.9. The van der Waals surface area contributed by atoms with Gasteiger partial charge in [-0.15, -0.1) is 0 Å². The van der Waals surface area contributed by atoms with Crippen LogP contribution in [0.3, 0.4) is 0 Å². The van der Waals surface area contributed by atoms with Crippen molar-refractivity contribution in [2.75, 3.05) is 74.6 Å². The number of nitrogens with one attached hydrogen (secondary N) is 3. The van der Waals surface area contributed by atoms with E-state index in [0.29, 0.717) is 67.1 Å². The maximum atomic E-state index is 14.6. The van der Waals surface area contributed by atoms with Gasteiger partial charge in [-0.3, -0.25) is 34.2 Å². The summed E-state index contributed by atoms with van der Waals surface area (Å²) in [5, 5.41) is 9.54. The number of likely N-dealkylation sites (tertiary alicyclic amines) is 1. The Morgan fingerprint density at radius 3 is 2.53 bits per heavy atom. The predicted molar refractivity (Wildman–Crippen MR) is 235 cm³/mol. The van der Waals surface area contributed by atoms with Crippen LogP contribution in [-0.2, 0) is 19.1 Å². The molecule has 3 atom stereocenters. The lowest BCUT2D eigenvalue weighted by Crippen LogP contribution is -2.54. The number of fused-ring (bicyclic) bond motifs is 2. The van der Waals surface area contributed by atoms with Gasteiger partial charge in [-0.05, 0) is 64.2 Å². The Balaban J connectivity index is 0.724. The van der Waals surface area contributed by atoms with Gasteiger partial charge >= 0.3 is 0 Å². The molecule has 5 aliphatic heterocycles. The van der Waals surface area contributed by atoms with Gasteiger partial charge in [0.1, 0.15) is 23.8 Å². The van der Waals surface area contributed by atoms with Crippen molar-refractivity contribution in [3.05, 3.63) is 65.6 Å². The van der Waals surface area contributed by atoms with Crippen LogP contribution >= 0.6 is 0 Å². The number of pyridine rings is 1. The minimum atomic E-state index is -1.13. The number of hydrogen-bond donors (Lipinski definition) is 3. The minimum absolute atomic E-state index is 0.00996. The van der Waals surface area contributed by atoms with E-state index in [-0.39, 0.29) is 49.0 Å². The summed E-state index contributed by atoms with van der Waals surface area (Å²) in [5.74, 6) is -0.663. The quantitative estimate of drug-likeness (QED) is 0.123. The molecular formula is C45H54FN11O7. The molecule has 18 nitrogen and oxygen atoms in total. The highest BCUT2D eigenvalue weighted by atomic mass is 19.1. The number of piperidine rings is 3. The second-order valence-electron chi connectivity index (χ2n) is 17.5. The van der Waals surface area contributed by atoms with Crippen LogP contribution in [0, 0.1) is 0 Å². The fourth-order valence-electron chi connectivity index (χ4n) is 9.46. The number of imide groups is 2. The number of hydrogen-bond acceptors (Lipinski definition) is 14. The second-order valence-corrected chi connectivity index (χ2v) is 17.5. The standard InChI is InChI=1S/C45H54FN11O7/c1-26(2)56-24-31(30-21-48-38(20-35(30)56)50-37-10-14-47-45(51-37)54-18-13-36(63-3)32(46)25-54)41(59)49-27-11-16-53(17-12-27)15-5-19-64-28-22-55(23-28)33-7-4-6-29-40(33)44(62)57(43(29)61)34-8-9-39(58)52-42(34)60/h4,6-7,10,14,20-21,24,26-28,32,34,36H,5,8-9,11-13,15-19,22-23,25H2,1-3H3,(H,49,59)(H,52,58,60)(H,47,48,50,51)/t32-,34?,36+/m1/s1. The Morgan fingerprint density at radius 1 is 0.969 bits per heavy atom. The first-order valence-electron chi connectivity index (χ1n) is 22.2. The highest BCUT2D eigenvalue weighted by Crippen LogP contribution is 2.36. The van der Waals surface area contributed by atoms with Crippen molar-refractivity contribution in [3.63, 3.8) is 0 Å². The molecule has 64 heavy (non-hydrogen) atoms. The van der Waals surface area contributed by atoms with Crippen LogP contribution in [0.1, 0.15) is 89.5 Å². The molecule has 3 N–H and O–H groups in total. The molecule has 1 unspecified atom stereocenters. The SMILES string of the molecule is CO[C@H]1CCN(c2nccc(Nc3cc4c(cn3)c(C(=O)NC3CCN(CCCOC5CN(c6cccc7c6C(=O)N(C6CCC(=O)NC6=O)C7=O)C5)CC3)cn4C(C)C)n2)C[C@H]1F. The zero-order valence-corrected chi connectivity index (χ0v) is 36.3. The number of halogens is 1. The Kier molecular flexibility index (Phi) is 12.3. The monoisotopic (exact) mass is 879 g/mol. The van der Waals surface area contributed by atoms with Crippen LogP contribution in [0.2, 0.25) is 0 Å². The summed E-state index contributed by atoms with van der Waals surface area (Å²) in [6.45, 7) is 9.23. The number of methoxy groups -OCH3 is 1. The topological polar surface area (TPSA) is 196 Å². The van der Waals surface area contributed by atoms with Crippen molar-refractivity contribution in [2.24, 2.45) is 0 Å². The lowest BCUT2D eigenvalue weighted by molar-refractivity contribution is -0.136. The zero-order valence-electron chi connectivity index (χ0n) is 36.3. The second kappa shape index (κ2) is 18.2.